The molecule has 0 atom stereocenters. The minimum Gasteiger partial charge on any atom is -0.478 e. The number of carbonyl (C=O) groups excluding carboxylic acids is 1. The lowest BCUT2D eigenvalue weighted by Crippen LogP contribution is -2.24. The van der Waals surface area contributed by atoms with E-state index in [2.05, 4.69) is 24.1 Å². The lowest BCUT2D eigenvalue weighted by atomic mass is 10.1. The number of carboxylic acids is 1. The van der Waals surface area contributed by atoms with Crippen molar-refractivity contribution < 1.29 is 14.7 Å². The standard InChI is InChI=1S/C19H22N2O3/c1-3-21(4-2)17-11-9-15(10-12-17)18(22)20-13-14-5-7-16(8-6-14)19(23)24/h5-12H,3-4,13H2,1-2H3,(H,20,22)(H,23,24). The molecule has 2 aromatic rings. The van der Waals surface area contributed by atoms with E-state index in [0.717, 1.165) is 24.3 Å². The van der Waals surface area contributed by atoms with Gasteiger partial charge in [0.25, 0.3) is 5.91 Å². The van der Waals surface area contributed by atoms with Gasteiger partial charge in [0.1, 0.15) is 0 Å². The molecular weight excluding hydrogens is 304 g/mol. The Bertz CT molecular complexity index is 690. The van der Waals surface area contributed by atoms with Crippen LogP contribution in [0.1, 0.15) is 40.1 Å². The largest absolute Gasteiger partial charge is 0.478 e. The van der Waals surface area contributed by atoms with Gasteiger partial charge in [0.2, 0.25) is 0 Å². The highest BCUT2D eigenvalue weighted by Crippen LogP contribution is 2.15. The topological polar surface area (TPSA) is 69.6 Å². The zero-order valence-corrected chi connectivity index (χ0v) is 14.0. The third-order valence-corrected chi connectivity index (χ3v) is 3.91. The number of rotatable bonds is 7. The first-order chi connectivity index (χ1) is 11.5. The van der Waals surface area contributed by atoms with Crippen molar-refractivity contribution in [3.8, 4) is 0 Å². The average molecular weight is 326 g/mol. The Labute approximate surface area is 141 Å². The number of nitrogens with one attached hydrogen (secondary N) is 1. The van der Waals surface area contributed by atoms with Gasteiger partial charge in [-0.2, -0.15) is 0 Å². The number of hydrogen-bond acceptors (Lipinski definition) is 3. The maximum atomic E-state index is 12.2. The van der Waals surface area contributed by atoms with E-state index < -0.39 is 5.97 Å². The molecule has 0 radical (unpaired) electrons. The molecule has 126 valence electrons. The van der Waals surface area contributed by atoms with E-state index in [1.165, 1.54) is 12.1 Å². The molecule has 24 heavy (non-hydrogen) atoms. The van der Waals surface area contributed by atoms with Gasteiger partial charge >= 0.3 is 5.97 Å². The van der Waals surface area contributed by atoms with Crippen molar-refractivity contribution >= 4 is 17.6 Å². The van der Waals surface area contributed by atoms with Crippen molar-refractivity contribution in [1.82, 2.24) is 5.32 Å². The highest BCUT2D eigenvalue weighted by atomic mass is 16.4. The first kappa shape index (κ1) is 17.5. The van der Waals surface area contributed by atoms with Gasteiger partial charge in [0.15, 0.2) is 0 Å². The number of amides is 1. The molecule has 0 heterocycles. The molecule has 0 saturated heterocycles. The summed E-state index contributed by atoms with van der Waals surface area (Å²) in [6.07, 6.45) is 0. The summed E-state index contributed by atoms with van der Waals surface area (Å²) in [5.74, 6) is -1.11. The second kappa shape index (κ2) is 8.15. The van der Waals surface area contributed by atoms with Crippen molar-refractivity contribution in [2.24, 2.45) is 0 Å². The van der Waals surface area contributed by atoms with Crippen LogP contribution in [0, 0.1) is 0 Å². The zero-order chi connectivity index (χ0) is 17.5. The van der Waals surface area contributed by atoms with Gasteiger partial charge in [-0.3, -0.25) is 4.79 Å². The lowest BCUT2D eigenvalue weighted by Gasteiger charge is -2.21. The predicted octanol–water partition coefficient (Wildman–Crippen LogP) is 3.16. The fourth-order valence-electron chi connectivity index (χ4n) is 2.46. The van der Waals surface area contributed by atoms with Crippen LogP contribution in [0.2, 0.25) is 0 Å². The number of anilines is 1. The molecule has 0 aliphatic rings. The first-order valence-corrected chi connectivity index (χ1v) is 8.00. The van der Waals surface area contributed by atoms with E-state index in [0.29, 0.717) is 12.1 Å². The summed E-state index contributed by atoms with van der Waals surface area (Å²) in [5, 5.41) is 11.7. The molecular formula is C19H22N2O3. The number of nitrogens with zero attached hydrogens (tertiary/aromatic N) is 1. The second-order valence-corrected chi connectivity index (χ2v) is 5.40. The smallest absolute Gasteiger partial charge is 0.335 e. The third-order valence-electron chi connectivity index (χ3n) is 3.91. The van der Waals surface area contributed by atoms with E-state index in [-0.39, 0.29) is 11.5 Å². The molecule has 5 nitrogen and oxygen atoms in total. The molecule has 0 unspecified atom stereocenters. The molecule has 5 heteroatoms. The van der Waals surface area contributed by atoms with Crippen molar-refractivity contribution in [1.29, 1.82) is 0 Å². The Balaban J connectivity index is 1.95. The van der Waals surface area contributed by atoms with Gasteiger partial charge in [-0.05, 0) is 55.8 Å². The molecule has 1 amide bonds. The van der Waals surface area contributed by atoms with Crippen LogP contribution in [0.3, 0.4) is 0 Å². The number of carboxylic acid groups (broad SMARTS) is 1. The van der Waals surface area contributed by atoms with Gasteiger partial charge < -0.3 is 15.3 Å². The van der Waals surface area contributed by atoms with Gasteiger partial charge in [-0.1, -0.05) is 12.1 Å². The summed E-state index contributed by atoms with van der Waals surface area (Å²) >= 11 is 0. The monoisotopic (exact) mass is 326 g/mol. The van der Waals surface area contributed by atoms with Gasteiger partial charge in [-0.25, -0.2) is 4.79 Å². The van der Waals surface area contributed by atoms with Gasteiger partial charge in [0, 0.05) is 30.9 Å². The molecule has 0 fully saturated rings. The molecule has 2 aromatic carbocycles. The van der Waals surface area contributed by atoms with E-state index in [1.807, 2.05) is 24.3 Å². The van der Waals surface area contributed by atoms with E-state index in [1.54, 1.807) is 12.1 Å². The highest BCUT2D eigenvalue weighted by Gasteiger charge is 2.08. The van der Waals surface area contributed by atoms with Crippen molar-refractivity contribution in [3.05, 3.63) is 65.2 Å². The van der Waals surface area contributed by atoms with Crippen LogP contribution in [-0.4, -0.2) is 30.1 Å². The second-order valence-electron chi connectivity index (χ2n) is 5.40. The van der Waals surface area contributed by atoms with Crippen LogP contribution in [-0.2, 0) is 6.54 Å². The van der Waals surface area contributed by atoms with Crippen molar-refractivity contribution in [2.45, 2.75) is 20.4 Å². The molecule has 2 N–H and O–H groups in total. The van der Waals surface area contributed by atoms with Crippen LogP contribution < -0.4 is 10.2 Å². The Kier molecular flexibility index (Phi) is 5.95. The average Bonchev–Trinajstić information content (AvgIpc) is 2.61. The molecule has 0 aromatic heterocycles. The normalized spacial score (nSPS) is 10.2. The Morgan fingerprint density at radius 1 is 0.917 bits per heavy atom. The lowest BCUT2D eigenvalue weighted by molar-refractivity contribution is 0.0696. The van der Waals surface area contributed by atoms with Crippen LogP contribution in [0.15, 0.2) is 48.5 Å². The number of aromatic carboxylic acids is 1. The molecule has 0 aliphatic heterocycles. The quantitative estimate of drug-likeness (QED) is 0.820. The Hall–Kier alpha value is -2.82. The van der Waals surface area contributed by atoms with Crippen molar-refractivity contribution in [3.63, 3.8) is 0 Å². The number of benzene rings is 2. The minimum absolute atomic E-state index is 0.150. The molecule has 0 bridgehead atoms. The fraction of sp³-hybridized carbons (Fsp3) is 0.263. The summed E-state index contributed by atoms with van der Waals surface area (Å²) in [7, 11) is 0. The Morgan fingerprint density at radius 2 is 1.46 bits per heavy atom. The molecule has 0 aliphatic carbocycles. The Morgan fingerprint density at radius 3 is 1.96 bits per heavy atom. The summed E-state index contributed by atoms with van der Waals surface area (Å²) in [6.45, 7) is 6.40. The van der Waals surface area contributed by atoms with Crippen molar-refractivity contribution in [2.75, 3.05) is 18.0 Å². The van der Waals surface area contributed by atoms with Crippen LogP contribution >= 0.6 is 0 Å². The maximum absolute atomic E-state index is 12.2. The minimum atomic E-state index is -0.959. The SMILES string of the molecule is CCN(CC)c1ccc(C(=O)NCc2ccc(C(=O)O)cc2)cc1. The molecule has 2 rings (SSSR count). The predicted molar refractivity (Wildman–Crippen MR) is 94.6 cm³/mol. The van der Waals surface area contributed by atoms with Gasteiger partial charge in [0.05, 0.1) is 5.56 Å². The number of hydrogen-bond donors (Lipinski definition) is 2. The molecule has 0 saturated carbocycles. The van der Waals surface area contributed by atoms with Crippen LogP contribution in [0.4, 0.5) is 5.69 Å². The van der Waals surface area contributed by atoms with Gasteiger partial charge in [-0.15, -0.1) is 0 Å². The van der Waals surface area contributed by atoms with E-state index in [4.69, 9.17) is 5.11 Å². The fourth-order valence-corrected chi connectivity index (χ4v) is 2.46. The van der Waals surface area contributed by atoms with Crippen LogP contribution in [0.5, 0.6) is 0 Å². The molecule has 0 spiro atoms. The van der Waals surface area contributed by atoms with E-state index in [9.17, 15) is 9.59 Å². The zero-order valence-electron chi connectivity index (χ0n) is 14.0. The highest BCUT2D eigenvalue weighted by molar-refractivity contribution is 5.94. The summed E-state index contributed by atoms with van der Waals surface area (Å²) in [4.78, 5) is 25.2. The number of carbonyl (C=O) groups is 2. The maximum Gasteiger partial charge on any atom is 0.335 e. The summed E-state index contributed by atoms with van der Waals surface area (Å²) in [6, 6.07) is 14.0. The first-order valence-electron chi connectivity index (χ1n) is 8.00. The van der Waals surface area contributed by atoms with E-state index >= 15 is 0 Å². The third kappa shape index (κ3) is 4.35. The summed E-state index contributed by atoms with van der Waals surface area (Å²) < 4.78 is 0. The van der Waals surface area contributed by atoms with Crippen LogP contribution in [0.25, 0.3) is 0 Å². The summed E-state index contributed by atoms with van der Waals surface area (Å²) in [5.41, 5.74) is 2.79.